The average Bonchev–Trinajstić information content (AvgIpc) is 2.42. The molecule has 1 N–H and O–H groups in total. The molecule has 1 amide bonds. The van der Waals surface area contributed by atoms with Crippen LogP contribution in [0, 0.1) is 6.92 Å². The summed E-state index contributed by atoms with van der Waals surface area (Å²) < 4.78 is 1.15. The minimum absolute atomic E-state index is 0.0778. The molecule has 6 heteroatoms. The maximum atomic E-state index is 11.7. The van der Waals surface area contributed by atoms with Crippen LogP contribution < -0.4 is 10.9 Å². The van der Waals surface area contributed by atoms with Gasteiger partial charge in [-0.2, -0.15) is 5.10 Å². The molecule has 0 fully saturated rings. The van der Waals surface area contributed by atoms with Gasteiger partial charge in [0, 0.05) is 25.0 Å². The lowest BCUT2D eigenvalue weighted by Gasteiger charge is -2.06. The third-order valence-corrected chi connectivity index (χ3v) is 2.53. The van der Waals surface area contributed by atoms with Crippen molar-refractivity contribution in [2.75, 3.05) is 0 Å². The Hall–Kier alpha value is -2.50. The maximum absolute atomic E-state index is 11.7. The number of hydrogen-bond donors (Lipinski definition) is 1. The molecule has 0 unspecified atom stereocenters. The Bertz CT molecular complexity index is 622. The number of amides is 1. The lowest BCUT2D eigenvalue weighted by atomic mass is 10.3. The van der Waals surface area contributed by atoms with Gasteiger partial charge >= 0.3 is 0 Å². The van der Waals surface area contributed by atoms with E-state index in [1.807, 2.05) is 12.1 Å². The van der Waals surface area contributed by atoms with Gasteiger partial charge < -0.3 is 5.32 Å². The highest BCUT2D eigenvalue weighted by atomic mass is 16.2. The molecule has 98 valence electrons. The Labute approximate surface area is 110 Å². The van der Waals surface area contributed by atoms with Crippen molar-refractivity contribution in [2.45, 2.75) is 20.0 Å². The van der Waals surface area contributed by atoms with Crippen molar-refractivity contribution < 1.29 is 4.79 Å². The molecule has 0 atom stereocenters. The van der Waals surface area contributed by atoms with E-state index < -0.39 is 0 Å². The smallest absolute Gasteiger partial charge is 0.267 e. The first kappa shape index (κ1) is 12.9. The molecular formula is C13H14N4O2. The van der Waals surface area contributed by atoms with Crippen molar-refractivity contribution in [3.05, 3.63) is 58.3 Å². The van der Waals surface area contributed by atoms with E-state index in [0.717, 1.165) is 10.2 Å². The second-order valence-electron chi connectivity index (χ2n) is 4.10. The molecule has 0 aliphatic carbocycles. The van der Waals surface area contributed by atoms with Crippen molar-refractivity contribution in [3.8, 4) is 0 Å². The fourth-order valence-electron chi connectivity index (χ4n) is 1.56. The quantitative estimate of drug-likeness (QED) is 0.853. The summed E-state index contributed by atoms with van der Waals surface area (Å²) in [6.07, 6.45) is 3.32. The van der Waals surface area contributed by atoms with E-state index in [9.17, 15) is 9.59 Å². The molecule has 0 radical (unpaired) electrons. The molecule has 0 aliphatic rings. The monoisotopic (exact) mass is 258 g/mol. The summed E-state index contributed by atoms with van der Waals surface area (Å²) in [6.45, 7) is 2.10. The highest BCUT2D eigenvalue weighted by Gasteiger charge is 2.05. The minimum Gasteiger partial charge on any atom is -0.350 e. The lowest BCUT2D eigenvalue weighted by molar-refractivity contribution is -0.122. The van der Waals surface area contributed by atoms with Crippen LogP contribution in [0.15, 0.2) is 41.5 Å². The normalized spacial score (nSPS) is 10.2. The van der Waals surface area contributed by atoms with Gasteiger partial charge in [0.1, 0.15) is 6.54 Å². The molecule has 0 aliphatic heterocycles. The first-order valence-corrected chi connectivity index (χ1v) is 5.85. The summed E-state index contributed by atoms with van der Waals surface area (Å²) >= 11 is 0. The van der Waals surface area contributed by atoms with Crippen molar-refractivity contribution in [1.29, 1.82) is 0 Å². The highest BCUT2D eigenvalue weighted by molar-refractivity contribution is 5.75. The molecule has 0 bridgehead atoms. The summed E-state index contributed by atoms with van der Waals surface area (Å²) in [6, 6.07) is 6.65. The van der Waals surface area contributed by atoms with Crippen LogP contribution >= 0.6 is 0 Å². The Morgan fingerprint density at radius 2 is 2.00 bits per heavy atom. The molecule has 6 nitrogen and oxygen atoms in total. The van der Waals surface area contributed by atoms with Crippen LogP contribution in [-0.2, 0) is 17.9 Å². The zero-order valence-corrected chi connectivity index (χ0v) is 10.5. The molecule has 2 aromatic rings. The van der Waals surface area contributed by atoms with Gasteiger partial charge in [0.05, 0.1) is 5.69 Å². The van der Waals surface area contributed by atoms with Gasteiger partial charge in [0.2, 0.25) is 5.91 Å². The van der Waals surface area contributed by atoms with Crippen LogP contribution in [0.25, 0.3) is 0 Å². The Balaban J connectivity index is 1.95. The van der Waals surface area contributed by atoms with Gasteiger partial charge in [0.25, 0.3) is 5.56 Å². The number of pyridine rings is 1. The minimum atomic E-state index is -0.287. The number of aryl methyl sites for hydroxylation is 1. The summed E-state index contributed by atoms with van der Waals surface area (Å²) in [5.74, 6) is -0.253. The Morgan fingerprint density at radius 1 is 1.26 bits per heavy atom. The number of nitrogens with zero attached hydrogens (tertiary/aromatic N) is 3. The van der Waals surface area contributed by atoms with E-state index in [2.05, 4.69) is 15.4 Å². The topological polar surface area (TPSA) is 76.9 Å². The molecule has 19 heavy (non-hydrogen) atoms. The van der Waals surface area contributed by atoms with Crippen LogP contribution in [0.3, 0.4) is 0 Å². The second-order valence-corrected chi connectivity index (χ2v) is 4.10. The first-order valence-electron chi connectivity index (χ1n) is 5.85. The van der Waals surface area contributed by atoms with Crippen LogP contribution in [0.4, 0.5) is 0 Å². The molecule has 0 spiro atoms. The average molecular weight is 258 g/mol. The second kappa shape index (κ2) is 5.90. The van der Waals surface area contributed by atoms with Crippen LogP contribution in [0.2, 0.25) is 0 Å². The highest BCUT2D eigenvalue weighted by Crippen LogP contribution is 1.94. The summed E-state index contributed by atoms with van der Waals surface area (Å²) in [4.78, 5) is 27.1. The largest absolute Gasteiger partial charge is 0.350 e. The first-order chi connectivity index (χ1) is 9.15. The molecule has 0 saturated carbocycles. The SMILES string of the molecule is Cc1ccc(=O)n(CC(=O)NCc2ccncc2)n1. The number of rotatable bonds is 4. The van der Waals surface area contributed by atoms with E-state index in [4.69, 9.17) is 0 Å². The summed E-state index contributed by atoms with van der Waals surface area (Å²) in [5.41, 5.74) is 1.36. The predicted molar refractivity (Wildman–Crippen MR) is 69.3 cm³/mol. The number of nitrogens with one attached hydrogen (secondary N) is 1. The molecule has 2 heterocycles. The van der Waals surface area contributed by atoms with Crippen molar-refractivity contribution in [2.24, 2.45) is 0 Å². The zero-order valence-electron chi connectivity index (χ0n) is 10.5. The Morgan fingerprint density at radius 3 is 2.74 bits per heavy atom. The molecule has 2 rings (SSSR count). The fourth-order valence-corrected chi connectivity index (χ4v) is 1.56. The van der Waals surface area contributed by atoms with Gasteiger partial charge in [-0.1, -0.05) is 0 Å². The van der Waals surface area contributed by atoms with E-state index >= 15 is 0 Å². The number of aromatic nitrogens is 3. The lowest BCUT2D eigenvalue weighted by Crippen LogP contribution is -2.33. The Kier molecular flexibility index (Phi) is 4.02. The predicted octanol–water partition coefficient (Wildman–Crippen LogP) is 0.263. The van der Waals surface area contributed by atoms with Crippen molar-refractivity contribution in [1.82, 2.24) is 20.1 Å². The third kappa shape index (κ3) is 3.74. The fraction of sp³-hybridized carbons (Fsp3) is 0.231. The molecule has 0 saturated heterocycles. The van der Waals surface area contributed by atoms with E-state index in [0.29, 0.717) is 12.2 Å². The van der Waals surface area contributed by atoms with E-state index in [1.54, 1.807) is 25.4 Å². The van der Waals surface area contributed by atoms with E-state index in [1.165, 1.54) is 6.07 Å². The van der Waals surface area contributed by atoms with Gasteiger partial charge in [-0.25, -0.2) is 4.68 Å². The van der Waals surface area contributed by atoms with Crippen molar-refractivity contribution in [3.63, 3.8) is 0 Å². The number of hydrogen-bond acceptors (Lipinski definition) is 4. The van der Waals surface area contributed by atoms with Crippen LogP contribution in [0.5, 0.6) is 0 Å². The van der Waals surface area contributed by atoms with E-state index in [-0.39, 0.29) is 18.0 Å². The molecule has 2 aromatic heterocycles. The molecular weight excluding hydrogens is 244 g/mol. The standard InChI is InChI=1S/C13H14N4O2/c1-10-2-3-13(19)17(16-10)9-12(18)15-8-11-4-6-14-7-5-11/h2-7H,8-9H2,1H3,(H,15,18). The van der Waals surface area contributed by atoms with Gasteiger partial charge in [0.15, 0.2) is 0 Å². The van der Waals surface area contributed by atoms with Crippen molar-refractivity contribution >= 4 is 5.91 Å². The third-order valence-electron chi connectivity index (χ3n) is 2.53. The number of carbonyl (C=O) groups excluding carboxylic acids is 1. The van der Waals surface area contributed by atoms with Crippen LogP contribution in [-0.4, -0.2) is 20.7 Å². The molecule has 0 aromatic carbocycles. The maximum Gasteiger partial charge on any atom is 0.267 e. The summed E-state index contributed by atoms with van der Waals surface area (Å²) in [7, 11) is 0. The number of carbonyl (C=O) groups is 1. The zero-order chi connectivity index (χ0) is 13.7. The van der Waals surface area contributed by atoms with Crippen LogP contribution in [0.1, 0.15) is 11.3 Å². The van der Waals surface area contributed by atoms with Gasteiger partial charge in [-0.05, 0) is 30.7 Å². The van der Waals surface area contributed by atoms with Gasteiger partial charge in [-0.3, -0.25) is 14.6 Å². The summed E-state index contributed by atoms with van der Waals surface area (Å²) in [5, 5.41) is 6.73. The van der Waals surface area contributed by atoms with Gasteiger partial charge in [-0.15, -0.1) is 0 Å².